The number of hydrogen-bond donors (Lipinski definition) is 2. The number of ether oxygens (including phenoxy) is 1. The van der Waals surface area contributed by atoms with E-state index in [1.165, 1.54) is 6.20 Å². The quantitative estimate of drug-likeness (QED) is 0.475. The monoisotopic (exact) mass is 318 g/mol. The van der Waals surface area contributed by atoms with Crippen LogP contribution in [0.2, 0.25) is 0 Å². The molecule has 0 spiro atoms. The van der Waals surface area contributed by atoms with E-state index in [0.29, 0.717) is 38.2 Å². The number of carbonyl (C=O) groups is 1. The van der Waals surface area contributed by atoms with E-state index in [-0.39, 0.29) is 5.97 Å². The lowest BCUT2D eigenvalue weighted by atomic mass is 10.2. The van der Waals surface area contributed by atoms with Crippen LogP contribution in [0.1, 0.15) is 29.4 Å². The first-order valence-corrected chi connectivity index (χ1v) is 8.57. The number of carbonyl (C=O) groups excluding carboxylic acids is 1. The number of rotatable bonds is 9. The molecule has 1 heterocycles. The Morgan fingerprint density at radius 1 is 1.43 bits per heavy atom. The maximum Gasteiger partial charge on any atom is 0.341 e. The van der Waals surface area contributed by atoms with Crippen LogP contribution in [-0.4, -0.2) is 50.1 Å². The third kappa shape index (κ3) is 6.23. The van der Waals surface area contributed by atoms with E-state index in [4.69, 9.17) is 4.74 Å². The fourth-order valence-electron chi connectivity index (χ4n) is 1.73. The second-order valence-electron chi connectivity index (χ2n) is 4.55. The third-order valence-corrected chi connectivity index (χ3v) is 3.47. The van der Waals surface area contributed by atoms with Gasteiger partial charge in [-0.25, -0.2) is 17.9 Å². The van der Waals surface area contributed by atoms with Crippen LogP contribution in [-0.2, 0) is 28.4 Å². The Balaban J connectivity index is 2.42. The molecule has 0 bridgehead atoms. The van der Waals surface area contributed by atoms with Gasteiger partial charge in [-0.15, -0.1) is 0 Å². The minimum Gasteiger partial charge on any atom is -0.462 e. The van der Waals surface area contributed by atoms with E-state index in [1.807, 2.05) is 0 Å². The summed E-state index contributed by atoms with van der Waals surface area (Å²) < 4.78 is 30.8. The summed E-state index contributed by atoms with van der Waals surface area (Å²) >= 11 is 0. The first kappa shape index (κ1) is 17.6. The van der Waals surface area contributed by atoms with Crippen LogP contribution < -0.4 is 10.0 Å². The number of aryl methyl sites for hydroxylation is 1. The topological polar surface area (TPSA) is 102 Å². The molecule has 0 fully saturated rings. The van der Waals surface area contributed by atoms with Crippen molar-refractivity contribution in [3.63, 3.8) is 0 Å². The zero-order valence-corrected chi connectivity index (χ0v) is 13.4. The summed E-state index contributed by atoms with van der Waals surface area (Å²) in [6.07, 6.45) is 3.27. The van der Waals surface area contributed by atoms with Gasteiger partial charge in [-0.2, -0.15) is 5.10 Å². The van der Waals surface area contributed by atoms with Gasteiger partial charge in [-0.3, -0.25) is 4.68 Å². The summed E-state index contributed by atoms with van der Waals surface area (Å²) in [7, 11) is -1.38. The summed E-state index contributed by atoms with van der Waals surface area (Å²) in [4.78, 5) is 11.7. The van der Waals surface area contributed by atoms with E-state index < -0.39 is 10.0 Å². The summed E-state index contributed by atoms with van der Waals surface area (Å²) in [5.41, 5.74) is 1.19. The molecule has 0 saturated carbocycles. The number of hydrogen-bond acceptors (Lipinski definition) is 6. The van der Waals surface area contributed by atoms with Gasteiger partial charge in [0.1, 0.15) is 5.56 Å². The SMILES string of the molecule is CCOC(=O)c1cnn(C)c1CNCCCNS(C)(=O)=O. The third-order valence-electron chi connectivity index (χ3n) is 2.74. The molecule has 0 radical (unpaired) electrons. The second kappa shape index (κ2) is 8.11. The molecule has 1 aromatic rings. The van der Waals surface area contributed by atoms with Crippen molar-refractivity contribution in [2.75, 3.05) is 26.0 Å². The predicted molar refractivity (Wildman–Crippen MR) is 78.3 cm³/mol. The van der Waals surface area contributed by atoms with Crippen LogP contribution in [0.3, 0.4) is 0 Å². The molecule has 120 valence electrons. The molecule has 9 heteroatoms. The van der Waals surface area contributed by atoms with Crippen molar-refractivity contribution in [1.29, 1.82) is 0 Å². The van der Waals surface area contributed by atoms with E-state index in [1.54, 1.807) is 18.7 Å². The van der Waals surface area contributed by atoms with Crippen LogP contribution in [0.5, 0.6) is 0 Å². The highest BCUT2D eigenvalue weighted by atomic mass is 32.2. The molecule has 0 aromatic carbocycles. The van der Waals surface area contributed by atoms with Gasteiger partial charge >= 0.3 is 5.97 Å². The van der Waals surface area contributed by atoms with Crippen molar-refractivity contribution >= 4 is 16.0 Å². The van der Waals surface area contributed by atoms with E-state index in [2.05, 4.69) is 15.1 Å². The van der Waals surface area contributed by atoms with Crippen LogP contribution in [0.4, 0.5) is 0 Å². The number of esters is 1. The average molecular weight is 318 g/mol. The lowest BCUT2D eigenvalue weighted by molar-refractivity contribution is 0.0524. The largest absolute Gasteiger partial charge is 0.462 e. The summed E-state index contributed by atoms with van der Waals surface area (Å²) in [6.45, 7) is 3.53. The Labute approximate surface area is 124 Å². The van der Waals surface area contributed by atoms with E-state index >= 15 is 0 Å². The van der Waals surface area contributed by atoms with Gasteiger partial charge in [0.15, 0.2) is 0 Å². The normalized spacial score (nSPS) is 11.6. The molecule has 21 heavy (non-hydrogen) atoms. The smallest absolute Gasteiger partial charge is 0.341 e. The van der Waals surface area contributed by atoms with Gasteiger partial charge in [0.05, 0.1) is 24.8 Å². The van der Waals surface area contributed by atoms with E-state index in [9.17, 15) is 13.2 Å². The maximum atomic E-state index is 11.7. The Kier molecular flexibility index (Phi) is 6.79. The highest BCUT2D eigenvalue weighted by molar-refractivity contribution is 7.88. The molecule has 1 rings (SSSR count). The van der Waals surface area contributed by atoms with Gasteiger partial charge in [0.2, 0.25) is 10.0 Å². The van der Waals surface area contributed by atoms with Crippen LogP contribution in [0, 0.1) is 0 Å². The van der Waals surface area contributed by atoms with Crippen molar-refractivity contribution < 1.29 is 17.9 Å². The van der Waals surface area contributed by atoms with Crippen molar-refractivity contribution in [2.45, 2.75) is 19.9 Å². The minimum atomic E-state index is -3.14. The molecule has 2 N–H and O–H groups in total. The minimum absolute atomic E-state index is 0.317. The van der Waals surface area contributed by atoms with Gasteiger partial charge < -0.3 is 10.1 Å². The molecule has 8 nitrogen and oxygen atoms in total. The fraction of sp³-hybridized carbons (Fsp3) is 0.667. The first-order chi connectivity index (χ1) is 9.85. The highest BCUT2D eigenvalue weighted by Crippen LogP contribution is 2.09. The van der Waals surface area contributed by atoms with Gasteiger partial charge in [-0.1, -0.05) is 0 Å². The second-order valence-corrected chi connectivity index (χ2v) is 6.38. The van der Waals surface area contributed by atoms with Gasteiger partial charge in [0.25, 0.3) is 0 Å². The molecular weight excluding hydrogens is 296 g/mol. The fourth-order valence-corrected chi connectivity index (χ4v) is 2.24. The average Bonchev–Trinajstić information content (AvgIpc) is 2.74. The Hall–Kier alpha value is -1.45. The maximum absolute atomic E-state index is 11.7. The van der Waals surface area contributed by atoms with Crippen LogP contribution >= 0.6 is 0 Å². The van der Waals surface area contributed by atoms with Crippen LogP contribution in [0.25, 0.3) is 0 Å². The van der Waals surface area contributed by atoms with Crippen LogP contribution in [0.15, 0.2) is 6.20 Å². The number of nitrogens with zero attached hydrogens (tertiary/aromatic N) is 2. The predicted octanol–water partition coefficient (Wildman–Crippen LogP) is -0.374. The van der Waals surface area contributed by atoms with E-state index in [0.717, 1.165) is 11.9 Å². The highest BCUT2D eigenvalue weighted by Gasteiger charge is 2.16. The number of aromatic nitrogens is 2. The molecule has 0 amide bonds. The Morgan fingerprint density at radius 3 is 2.76 bits per heavy atom. The molecule has 0 atom stereocenters. The standard InChI is InChI=1S/C12H22N4O4S/c1-4-20-12(17)10-8-14-16(2)11(10)9-13-6-5-7-15-21(3,18)19/h8,13,15H,4-7,9H2,1-3H3. The Bertz CT molecular complexity index is 568. The summed E-state index contributed by atoms with van der Waals surface area (Å²) in [6, 6.07) is 0. The van der Waals surface area contributed by atoms with Crippen molar-refractivity contribution in [3.8, 4) is 0 Å². The summed E-state index contributed by atoms with van der Waals surface area (Å²) in [5.74, 6) is -0.388. The zero-order valence-electron chi connectivity index (χ0n) is 12.5. The van der Waals surface area contributed by atoms with Crippen molar-refractivity contribution in [3.05, 3.63) is 17.5 Å². The summed E-state index contributed by atoms with van der Waals surface area (Å²) in [5, 5.41) is 7.20. The molecule has 0 saturated heterocycles. The zero-order chi connectivity index (χ0) is 15.9. The molecule has 0 aliphatic carbocycles. The molecular formula is C12H22N4O4S. The lowest BCUT2D eigenvalue weighted by Gasteiger charge is -2.08. The first-order valence-electron chi connectivity index (χ1n) is 6.68. The van der Waals surface area contributed by atoms with Gasteiger partial charge in [0, 0.05) is 20.1 Å². The van der Waals surface area contributed by atoms with Gasteiger partial charge in [-0.05, 0) is 19.9 Å². The molecule has 0 aliphatic rings. The lowest BCUT2D eigenvalue weighted by Crippen LogP contribution is -2.26. The number of sulfonamides is 1. The van der Waals surface area contributed by atoms with Crippen molar-refractivity contribution in [2.24, 2.45) is 7.05 Å². The Morgan fingerprint density at radius 2 is 2.14 bits per heavy atom. The number of nitrogens with one attached hydrogen (secondary N) is 2. The molecule has 0 unspecified atom stereocenters. The molecule has 0 aliphatic heterocycles. The molecule has 1 aromatic heterocycles. The van der Waals surface area contributed by atoms with Crippen molar-refractivity contribution in [1.82, 2.24) is 19.8 Å².